The van der Waals surface area contributed by atoms with Crippen molar-refractivity contribution in [2.24, 2.45) is 0 Å². The van der Waals surface area contributed by atoms with Gasteiger partial charge in [0.05, 0.1) is 16.4 Å². The summed E-state index contributed by atoms with van der Waals surface area (Å²) in [6, 6.07) is 2.24. The minimum atomic E-state index is 0.197. The van der Waals surface area contributed by atoms with E-state index in [0.29, 0.717) is 0 Å². The van der Waals surface area contributed by atoms with E-state index in [1.54, 1.807) is 0 Å². The Labute approximate surface area is 131 Å². The normalized spacial score (nSPS) is 12.6. The number of aryl methyl sites for hydroxylation is 3. The largest absolute Gasteiger partial charge is 0.310 e. The molecule has 1 unspecified atom stereocenters. The third-order valence-electron chi connectivity index (χ3n) is 3.76. The van der Waals surface area contributed by atoms with Crippen LogP contribution in [-0.2, 0) is 13.0 Å². The van der Waals surface area contributed by atoms with Gasteiger partial charge in [0.1, 0.15) is 0 Å². The van der Waals surface area contributed by atoms with Gasteiger partial charge in [0.25, 0.3) is 0 Å². The number of aromatic nitrogens is 3. The Morgan fingerprint density at radius 2 is 2.10 bits per heavy atom. The first-order chi connectivity index (χ1) is 10.1. The molecule has 0 fully saturated rings. The van der Waals surface area contributed by atoms with Crippen molar-refractivity contribution < 1.29 is 0 Å². The van der Waals surface area contributed by atoms with E-state index in [2.05, 4.69) is 36.2 Å². The van der Waals surface area contributed by atoms with Crippen molar-refractivity contribution >= 4 is 11.6 Å². The van der Waals surface area contributed by atoms with Gasteiger partial charge >= 0.3 is 0 Å². The lowest BCUT2D eigenvalue weighted by atomic mass is 9.99. The highest BCUT2D eigenvalue weighted by molar-refractivity contribution is 6.31. The van der Waals surface area contributed by atoms with Crippen LogP contribution in [0.5, 0.6) is 0 Å². The molecule has 0 aliphatic carbocycles. The van der Waals surface area contributed by atoms with Crippen LogP contribution in [0.4, 0.5) is 0 Å². The number of hydrogen-bond donors (Lipinski definition) is 1. The molecule has 0 radical (unpaired) electrons. The van der Waals surface area contributed by atoms with Gasteiger partial charge in [0.2, 0.25) is 0 Å². The Kier molecular flexibility index (Phi) is 5.37. The van der Waals surface area contributed by atoms with E-state index in [1.807, 2.05) is 30.1 Å². The molecule has 0 aliphatic rings. The maximum Gasteiger partial charge on any atom is 0.0847 e. The average molecular weight is 307 g/mol. The average Bonchev–Trinajstić information content (AvgIpc) is 2.75. The predicted octanol–water partition coefficient (Wildman–Crippen LogP) is 3.46. The highest BCUT2D eigenvalue weighted by Crippen LogP contribution is 2.27. The summed E-state index contributed by atoms with van der Waals surface area (Å²) in [6.07, 6.45) is 4.58. The zero-order valence-electron chi connectivity index (χ0n) is 13.2. The van der Waals surface area contributed by atoms with Gasteiger partial charge in [-0.3, -0.25) is 9.67 Å². The molecule has 2 rings (SSSR count). The fourth-order valence-corrected chi connectivity index (χ4v) is 2.85. The van der Waals surface area contributed by atoms with Crippen molar-refractivity contribution in [1.82, 2.24) is 20.1 Å². The first-order valence-electron chi connectivity index (χ1n) is 7.44. The molecule has 5 heteroatoms. The fraction of sp³-hybridized carbons (Fsp3) is 0.500. The molecule has 0 amide bonds. The van der Waals surface area contributed by atoms with E-state index in [9.17, 15) is 0 Å². The molecule has 0 saturated heterocycles. The second-order valence-electron chi connectivity index (χ2n) is 5.21. The number of nitrogens with zero attached hydrogens (tertiary/aromatic N) is 3. The zero-order chi connectivity index (χ0) is 15.4. The van der Waals surface area contributed by atoms with Gasteiger partial charge in [-0.05, 0) is 44.5 Å². The predicted molar refractivity (Wildman–Crippen MR) is 86.7 cm³/mol. The molecule has 0 aliphatic heterocycles. The molecule has 0 saturated carbocycles. The van der Waals surface area contributed by atoms with Gasteiger partial charge in [0.15, 0.2) is 0 Å². The molecule has 0 spiro atoms. The van der Waals surface area contributed by atoms with Gasteiger partial charge in [0, 0.05) is 31.4 Å². The van der Waals surface area contributed by atoms with E-state index in [-0.39, 0.29) is 6.04 Å². The molecule has 2 aromatic rings. The van der Waals surface area contributed by atoms with Crippen LogP contribution in [0.3, 0.4) is 0 Å². The second-order valence-corrected chi connectivity index (χ2v) is 5.59. The molecule has 2 heterocycles. The van der Waals surface area contributed by atoms with Crippen molar-refractivity contribution in [3.05, 3.63) is 46.0 Å². The summed E-state index contributed by atoms with van der Waals surface area (Å²) in [5.41, 5.74) is 4.45. The molecule has 0 aromatic carbocycles. The lowest BCUT2D eigenvalue weighted by molar-refractivity contribution is 0.513. The molecular weight excluding hydrogens is 284 g/mol. The molecule has 2 aromatic heterocycles. The number of likely N-dealkylation sites (N-methyl/N-ethyl adjacent to an activating group) is 1. The van der Waals surface area contributed by atoms with E-state index >= 15 is 0 Å². The Morgan fingerprint density at radius 1 is 1.33 bits per heavy atom. The summed E-state index contributed by atoms with van der Waals surface area (Å²) in [4.78, 5) is 4.27. The van der Waals surface area contributed by atoms with E-state index in [1.165, 1.54) is 11.1 Å². The first-order valence-corrected chi connectivity index (χ1v) is 7.81. The highest BCUT2D eigenvalue weighted by atomic mass is 35.5. The van der Waals surface area contributed by atoms with E-state index in [4.69, 9.17) is 11.6 Å². The number of hydrogen-bond acceptors (Lipinski definition) is 3. The van der Waals surface area contributed by atoms with Crippen LogP contribution in [-0.4, -0.2) is 21.3 Å². The maximum atomic E-state index is 6.44. The highest BCUT2D eigenvalue weighted by Gasteiger charge is 2.20. The molecule has 1 atom stereocenters. The first kappa shape index (κ1) is 16.0. The lowest BCUT2D eigenvalue weighted by Gasteiger charge is -2.20. The Balaban J connectivity index is 2.35. The summed E-state index contributed by atoms with van der Waals surface area (Å²) in [6.45, 7) is 10.00. The molecular formula is C16H23ClN4. The number of nitrogens with one attached hydrogen (secondary N) is 1. The summed E-state index contributed by atoms with van der Waals surface area (Å²) in [5.74, 6) is 0. The lowest BCUT2D eigenvalue weighted by Crippen LogP contribution is -2.25. The van der Waals surface area contributed by atoms with Crippen LogP contribution in [0.15, 0.2) is 18.5 Å². The van der Waals surface area contributed by atoms with E-state index < -0.39 is 0 Å². The van der Waals surface area contributed by atoms with Crippen molar-refractivity contribution in [2.45, 2.75) is 46.7 Å². The third kappa shape index (κ3) is 3.44. The van der Waals surface area contributed by atoms with Gasteiger partial charge in [-0.1, -0.05) is 18.5 Å². The SMILES string of the molecule is CCNC(Cc1c(Cl)c(C)nn1CC)c1cnccc1C. The van der Waals surface area contributed by atoms with Crippen molar-refractivity contribution in [3.63, 3.8) is 0 Å². The molecule has 21 heavy (non-hydrogen) atoms. The smallest absolute Gasteiger partial charge is 0.0847 e. The van der Waals surface area contributed by atoms with Crippen molar-refractivity contribution in [3.8, 4) is 0 Å². The molecule has 4 nitrogen and oxygen atoms in total. The Bertz CT molecular complexity index is 606. The summed E-state index contributed by atoms with van der Waals surface area (Å²) < 4.78 is 1.99. The Hall–Kier alpha value is -1.39. The van der Waals surface area contributed by atoms with Gasteiger partial charge in [-0.25, -0.2) is 0 Å². The summed E-state index contributed by atoms with van der Waals surface area (Å²) in [7, 11) is 0. The molecule has 114 valence electrons. The fourth-order valence-electron chi connectivity index (χ4n) is 2.64. The maximum absolute atomic E-state index is 6.44. The van der Waals surface area contributed by atoms with Gasteiger partial charge in [-0.15, -0.1) is 0 Å². The van der Waals surface area contributed by atoms with Gasteiger partial charge in [-0.2, -0.15) is 5.10 Å². The second kappa shape index (κ2) is 7.05. The van der Waals surface area contributed by atoms with Gasteiger partial charge < -0.3 is 5.32 Å². The monoisotopic (exact) mass is 306 g/mol. The third-order valence-corrected chi connectivity index (χ3v) is 4.25. The van der Waals surface area contributed by atoms with Crippen LogP contribution in [0, 0.1) is 13.8 Å². The van der Waals surface area contributed by atoms with Crippen molar-refractivity contribution in [1.29, 1.82) is 0 Å². The summed E-state index contributed by atoms with van der Waals surface area (Å²) in [5, 5.41) is 8.81. The van der Waals surface area contributed by atoms with E-state index in [0.717, 1.165) is 35.9 Å². The Morgan fingerprint density at radius 3 is 2.71 bits per heavy atom. The van der Waals surface area contributed by atoms with Crippen LogP contribution in [0.1, 0.15) is 42.4 Å². The van der Waals surface area contributed by atoms with Crippen LogP contribution in [0.25, 0.3) is 0 Å². The van der Waals surface area contributed by atoms with Crippen LogP contribution in [0.2, 0.25) is 5.02 Å². The standard InChI is InChI=1S/C16H23ClN4/c1-5-19-14(13-10-18-8-7-11(13)3)9-15-16(17)12(4)20-21(15)6-2/h7-8,10,14,19H,5-6,9H2,1-4H3. The molecule has 1 N–H and O–H groups in total. The quantitative estimate of drug-likeness (QED) is 0.888. The number of halogens is 1. The minimum Gasteiger partial charge on any atom is -0.310 e. The topological polar surface area (TPSA) is 42.7 Å². The number of rotatable bonds is 6. The van der Waals surface area contributed by atoms with Crippen LogP contribution < -0.4 is 5.32 Å². The zero-order valence-corrected chi connectivity index (χ0v) is 13.9. The molecule has 0 bridgehead atoms. The minimum absolute atomic E-state index is 0.197. The van der Waals surface area contributed by atoms with Crippen molar-refractivity contribution in [2.75, 3.05) is 6.54 Å². The van der Waals surface area contributed by atoms with Crippen LogP contribution >= 0.6 is 11.6 Å². The number of pyridine rings is 1. The summed E-state index contributed by atoms with van der Waals surface area (Å²) >= 11 is 6.44.